The number of sulfonamides is 1. The van der Waals surface area contributed by atoms with E-state index in [1.54, 1.807) is 6.07 Å². The lowest BCUT2D eigenvalue weighted by atomic mass is 10.1. The first-order chi connectivity index (χ1) is 16.4. The molecule has 180 valence electrons. The minimum atomic E-state index is -4.54. The fourth-order valence-electron chi connectivity index (χ4n) is 3.24. The molecule has 2 aromatic heterocycles. The van der Waals surface area contributed by atoms with Crippen LogP contribution in [0.25, 0.3) is 33.9 Å². The van der Waals surface area contributed by atoms with Crippen molar-refractivity contribution in [2.24, 2.45) is 5.14 Å². The molecular formula is C23H15F5N4O2S. The fourth-order valence-corrected chi connectivity index (χ4v) is 3.80. The number of pyridine rings is 1. The highest BCUT2D eigenvalue weighted by Gasteiger charge is 2.30. The van der Waals surface area contributed by atoms with Crippen molar-refractivity contribution in [1.82, 2.24) is 15.0 Å². The summed E-state index contributed by atoms with van der Waals surface area (Å²) in [6.45, 7) is 0. The maximum Gasteiger partial charge on any atom is 0.416 e. The van der Waals surface area contributed by atoms with Crippen LogP contribution >= 0.6 is 0 Å². The fraction of sp³-hybridized carbons (Fsp3) is 0.0870. The highest BCUT2D eigenvalue weighted by molar-refractivity contribution is 7.89. The minimum absolute atomic E-state index is 0.00797. The summed E-state index contributed by atoms with van der Waals surface area (Å²) in [6, 6.07) is 13.6. The third-order valence-corrected chi connectivity index (χ3v) is 5.86. The van der Waals surface area contributed by atoms with Gasteiger partial charge in [0.2, 0.25) is 10.0 Å². The van der Waals surface area contributed by atoms with Crippen molar-refractivity contribution in [2.75, 3.05) is 0 Å². The molecule has 2 heterocycles. The second-order valence-electron chi connectivity index (χ2n) is 7.38. The summed E-state index contributed by atoms with van der Waals surface area (Å²) in [4.78, 5) is 12.2. The van der Waals surface area contributed by atoms with E-state index in [4.69, 9.17) is 5.14 Å². The third-order valence-electron chi connectivity index (χ3n) is 4.95. The zero-order valence-electron chi connectivity index (χ0n) is 17.5. The van der Waals surface area contributed by atoms with Gasteiger partial charge in [-0.2, -0.15) is 13.2 Å². The number of nitrogens with two attached hydrogens (primary N) is 1. The molecule has 6 nitrogen and oxygen atoms in total. The summed E-state index contributed by atoms with van der Waals surface area (Å²) in [6.07, 6.45) is -6.14. The van der Waals surface area contributed by atoms with Gasteiger partial charge in [-0.25, -0.2) is 32.3 Å². The van der Waals surface area contributed by atoms with Crippen LogP contribution in [0.15, 0.2) is 77.8 Å². The number of halogens is 5. The molecule has 0 unspecified atom stereocenters. The molecule has 0 aliphatic heterocycles. The maximum absolute atomic E-state index is 13.6. The molecule has 2 N–H and O–H groups in total. The van der Waals surface area contributed by atoms with Gasteiger partial charge in [-0.15, -0.1) is 0 Å². The molecule has 0 spiro atoms. The van der Waals surface area contributed by atoms with Crippen LogP contribution in [0.3, 0.4) is 0 Å². The van der Waals surface area contributed by atoms with E-state index >= 15 is 0 Å². The van der Waals surface area contributed by atoms with Crippen LogP contribution in [-0.2, 0) is 16.2 Å². The van der Waals surface area contributed by atoms with Gasteiger partial charge in [-0.3, -0.25) is 4.98 Å². The van der Waals surface area contributed by atoms with Crippen molar-refractivity contribution in [3.8, 4) is 33.9 Å². The molecule has 0 atom stereocenters. The van der Waals surface area contributed by atoms with Crippen LogP contribution in [-0.4, -0.2) is 23.4 Å². The van der Waals surface area contributed by atoms with Gasteiger partial charge in [-0.1, -0.05) is 24.3 Å². The Bertz CT molecular complexity index is 1490. The molecule has 35 heavy (non-hydrogen) atoms. The van der Waals surface area contributed by atoms with Crippen LogP contribution in [0.5, 0.6) is 0 Å². The summed E-state index contributed by atoms with van der Waals surface area (Å²) in [7, 11) is -3.97. The molecule has 2 aromatic carbocycles. The Kier molecular flexibility index (Phi) is 6.34. The molecule has 4 aromatic rings. The quantitative estimate of drug-likeness (QED) is 0.362. The summed E-state index contributed by atoms with van der Waals surface area (Å²) in [5.74, 6) is -0.107. The highest BCUT2D eigenvalue weighted by atomic mass is 32.2. The Morgan fingerprint density at radius 1 is 0.800 bits per heavy atom. The number of primary sulfonamides is 1. The monoisotopic (exact) mass is 506 g/mol. The average molecular weight is 506 g/mol. The molecule has 0 saturated carbocycles. The van der Waals surface area contributed by atoms with E-state index in [0.717, 1.165) is 30.3 Å². The van der Waals surface area contributed by atoms with Crippen molar-refractivity contribution in [3.05, 3.63) is 84.2 Å². The number of benzene rings is 2. The summed E-state index contributed by atoms with van der Waals surface area (Å²) < 4.78 is 89.1. The van der Waals surface area contributed by atoms with Gasteiger partial charge in [0, 0.05) is 22.9 Å². The number of hydrogen-bond acceptors (Lipinski definition) is 5. The van der Waals surface area contributed by atoms with E-state index in [-0.39, 0.29) is 27.5 Å². The van der Waals surface area contributed by atoms with E-state index in [9.17, 15) is 30.4 Å². The smallest absolute Gasteiger partial charge is 0.256 e. The normalized spacial score (nSPS) is 12.2. The zero-order chi connectivity index (χ0) is 25.4. The molecule has 4 rings (SSSR count). The third kappa shape index (κ3) is 5.49. The SMILES string of the molecule is NS(=O)(=O)c1cccc(-c2cc(-c3nc(-c4ccc(C(F)(F)F)cc4)cc(C(F)F)n3)ccn2)c1. The summed E-state index contributed by atoms with van der Waals surface area (Å²) >= 11 is 0. The van der Waals surface area contributed by atoms with Gasteiger partial charge in [-0.05, 0) is 42.5 Å². The largest absolute Gasteiger partial charge is 0.416 e. The zero-order valence-corrected chi connectivity index (χ0v) is 18.4. The Balaban J connectivity index is 1.79. The number of hydrogen-bond donors (Lipinski definition) is 1. The highest BCUT2D eigenvalue weighted by Crippen LogP contribution is 2.32. The second kappa shape index (κ2) is 9.12. The standard InChI is InChI=1S/C23H15F5N4O2S/c24-21(25)20-12-19(13-4-6-16(7-5-13)23(26,27)28)31-22(32-20)15-8-9-30-18(11-15)14-2-1-3-17(10-14)35(29,33)34/h1-12,21H,(H2,29,33,34). The van der Waals surface area contributed by atoms with E-state index < -0.39 is 33.9 Å². The first kappa shape index (κ1) is 24.4. The molecular weight excluding hydrogens is 491 g/mol. The predicted molar refractivity (Wildman–Crippen MR) is 117 cm³/mol. The van der Waals surface area contributed by atoms with Crippen molar-refractivity contribution < 1.29 is 30.4 Å². The number of rotatable bonds is 5. The Morgan fingerprint density at radius 3 is 2.14 bits per heavy atom. The van der Waals surface area contributed by atoms with E-state index in [1.807, 2.05) is 0 Å². The first-order valence-electron chi connectivity index (χ1n) is 9.86. The summed E-state index contributed by atoms with van der Waals surface area (Å²) in [5.41, 5.74) is -0.315. The van der Waals surface area contributed by atoms with E-state index in [0.29, 0.717) is 11.3 Å². The molecule has 0 amide bonds. The number of alkyl halides is 5. The van der Waals surface area contributed by atoms with Gasteiger partial charge >= 0.3 is 6.18 Å². The van der Waals surface area contributed by atoms with E-state index in [1.165, 1.54) is 36.5 Å². The van der Waals surface area contributed by atoms with Crippen molar-refractivity contribution in [2.45, 2.75) is 17.5 Å². The van der Waals surface area contributed by atoms with Crippen LogP contribution in [0.1, 0.15) is 17.7 Å². The lowest BCUT2D eigenvalue weighted by Crippen LogP contribution is -2.11. The second-order valence-corrected chi connectivity index (χ2v) is 8.94. The molecule has 0 fully saturated rings. The maximum atomic E-state index is 13.6. The molecule has 0 radical (unpaired) electrons. The average Bonchev–Trinajstić information content (AvgIpc) is 2.83. The Morgan fingerprint density at radius 2 is 1.51 bits per heavy atom. The lowest BCUT2D eigenvalue weighted by Gasteiger charge is -2.11. The van der Waals surface area contributed by atoms with Crippen LogP contribution in [0.2, 0.25) is 0 Å². The molecule has 0 bridgehead atoms. The first-order valence-corrected chi connectivity index (χ1v) is 11.4. The van der Waals surface area contributed by atoms with E-state index in [2.05, 4.69) is 15.0 Å². The van der Waals surface area contributed by atoms with Gasteiger partial charge in [0.1, 0.15) is 5.69 Å². The van der Waals surface area contributed by atoms with Gasteiger partial charge in [0.25, 0.3) is 6.43 Å². The van der Waals surface area contributed by atoms with Crippen molar-refractivity contribution in [3.63, 3.8) is 0 Å². The number of aromatic nitrogens is 3. The Hall–Kier alpha value is -3.77. The van der Waals surface area contributed by atoms with Crippen LogP contribution in [0.4, 0.5) is 22.0 Å². The number of nitrogens with zero attached hydrogens (tertiary/aromatic N) is 3. The summed E-state index contributed by atoms with van der Waals surface area (Å²) in [5, 5.41) is 5.17. The van der Waals surface area contributed by atoms with Crippen LogP contribution in [0, 0.1) is 0 Å². The molecule has 12 heteroatoms. The minimum Gasteiger partial charge on any atom is -0.256 e. The van der Waals surface area contributed by atoms with Crippen LogP contribution < -0.4 is 5.14 Å². The molecule has 0 aliphatic rings. The molecule has 0 saturated heterocycles. The topological polar surface area (TPSA) is 98.8 Å². The van der Waals surface area contributed by atoms with Gasteiger partial charge in [0.15, 0.2) is 5.82 Å². The van der Waals surface area contributed by atoms with Crippen molar-refractivity contribution in [1.29, 1.82) is 0 Å². The predicted octanol–water partition coefficient (Wildman–Crippen LogP) is 5.48. The van der Waals surface area contributed by atoms with Crippen molar-refractivity contribution >= 4 is 10.0 Å². The lowest BCUT2D eigenvalue weighted by molar-refractivity contribution is -0.137. The molecule has 0 aliphatic carbocycles. The Labute approximate surface area is 196 Å². The van der Waals surface area contributed by atoms with Gasteiger partial charge in [0.05, 0.1) is 21.8 Å². The van der Waals surface area contributed by atoms with Gasteiger partial charge < -0.3 is 0 Å².